The molecule has 0 bridgehead atoms. The Labute approximate surface area is 189 Å². The van der Waals surface area contributed by atoms with E-state index < -0.39 is 0 Å². The molecule has 158 valence electrons. The summed E-state index contributed by atoms with van der Waals surface area (Å²) in [7, 11) is 0. The molecule has 0 saturated heterocycles. The number of halogens is 3. The first-order valence-corrected chi connectivity index (χ1v) is 10.6. The average Bonchev–Trinajstić information content (AvgIpc) is 3.11. The molecular weight excluding hydrogens is 436 g/mol. The Morgan fingerprint density at radius 3 is 2.58 bits per heavy atom. The summed E-state index contributed by atoms with van der Waals surface area (Å²) in [6, 6.07) is 19.3. The van der Waals surface area contributed by atoms with Gasteiger partial charge in [-0.1, -0.05) is 53.5 Å². The van der Waals surface area contributed by atoms with E-state index in [1.54, 1.807) is 24.3 Å². The molecule has 1 aromatic heterocycles. The van der Waals surface area contributed by atoms with Crippen LogP contribution in [0, 0.1) is 5.82 Å². The zero-order chi connectivity index (χ0) is 21.8. The summed E-state index contributed by atoms with van der Waals surface area (Å²) in [4.78, 5) is 17.2. The lowest BCUT2D eigenvalue weighted by atomic mass is 10.1. The highest BCUT2D eigenvalue weighted by molar-refractivity contribution is 6.35. The van der Waals surface area contributed by atoms with Gasteiger partial charge in [-0.25, -0.2) is 9.37 Å². The molecule has 4 rings (SSSR count). The molecule has 0 fully saturated rings. The minimum Gasteiger partial charge on any atom is -0.352 e. The summed E-state index contributed by atoms with van der Waals surface area (Å²) >= 11 is 12.4. The van der Waals surface area contributed by atoms with Gasteiger partial charge in [0.25, 0.3) is 0 Å². The number of aromatic nitrogens is 2. The predicted molar refractivity (Wildman–Crippen MR) is 122 cm³/mol. The first-order chi connectivity index (χ1) is 15.0. The van der Waals surface area contributed by atoms with Crippen LogP contribution in [-0.4, -0.2) is 15.5 Å². The Morgan fingerprint density at radius 2 is 1.81 bits per heavy atom. The van der Waals surface area contributed by atoms with Crippen molar-refractivity contribution in [1.82, 2.24) is 14.9 Å². The van der Waals surface area contributed by atoms with Gasteiger partial charge in [0.2, 0.25) is 5.91 Å². The topological polar surface area (TPSA) is 46.9 Å². The molecular formula is C24H20Cl2FN3O. The number of rotatable bonds is 7. The van der Waals surface area contributed by atoms with Gasteiger partial charge in [0.1, 0.15) is 11.6 Å². The van der Waals surface area contributed by atoms with Crippen LogP contribution in [-0.2, 0) is 24.3 Å². The van der Waals surface area contributed by atoms with Crippen LogP contribution in [0.5, 0.6) is 0 Å². The third-order valence-corrected chi connectivity index (χ3v) is 5.65. The summed E-state index contributed by atoms with van der Waals surface area (Å²) in [6.45, 7) is 0.841. The third-order valence-electron chi connectivity index (χ3n) is 5.06. The Balaban J connectivity index is 1.49. The van der Waals surface area contributed by atoms with Crippen molar-refractivity contribution in [3.05, 3.63) is 99.5 Å². The molecule has 4 nitrogen and oxygen atoms in total. The maximum Gasteiger partial charge on any atom is 0.222 e. The van der Waals surface area contributed by atoms with E-state index in [-0.39, 0.29) is 11.7 Å². The van der Waals surface area contributed by atoms with Gasteiger partial charge in [0.05, 0.1) is 11.0 Å². The van der Waals surface area contributed by atoms with Crippen LogP contribution in [0.25, 0.3) is 11.0 Å². The molecule has 0 saturated carbocycles. The van der Waals surface area contributed by atoms with E-state index in [9.17, 15) is 9.18 Å². The molecule has 0 spiro atoms. The van der Waals surface area contributed by atoms with Crippen molar-refractivity contribution in [1.29, 1.82) is 0 Å². The van der Waals surface area contributed by atoms with Gasteiger partial charge in [-0.15, -0.1) is 0 Å². The second-order valence-corrected chi connectivity index (χ2v) is 8.08. The summed E-state index contributed by atoms with van der Waals surface area (Å²) < 4.78 is 15.1. The minimum atomic E-state index is -0.296. The van der Waals surface area contributed by atoms with Crippen molar-refractivity contribution in [3.63, 3.8) is 0 Å². The molecule has 1 heterocycles. The highest BCUT2D eigenvalue weighted by Crippen LogP contribution is 2.25. The Hall–Kier alpha value is -2.89. The number of carbonyl (C=O) groups excluding carboxylic acids is 1. The molecule has 0 atom stereocenters. The fourth-order valence-corrected chi connectivity index (χ4v) is 3.93. The Morgan fingerprint density at radius 1 is 1.03 bits per heavy atom. The van der Waals surface area contributed by atoms with E-state index in [1.807, 2.05) is 30.3 Å². The summed E-state index contributed by atoms with van der Waals surface area (Å²) in [5, 5.41) is 4.05. The summed E-state index contributed by atoms with van der Waals surface area (Å²) in [6.07, 6.45) is 0.824. The van der Waals surface area contributed by atoms with Gasteiger partial charge in [-0.3, -0.25) is 4.79 Å². The number of benzene rings is 3. The Bertz CT molecular complexity index is 1220. The molecule has 4 aromatic rings. The van der Waals surface area contributed by atoms with E-state index in [2.05, 4.69) is 9.88 Å². The number of hydrogen-bond donors (Lipinski definition) is 1. The van der Waals surface area contributed by atoms with Crippen LogP contribution in [0.4, 0.5) is 4.39 Å². The largest absolute Gasteiger partial charge is 0.352 e. The van der Waals surface area contributed by atoms with Crippen LogP contribution < -0.4 is 5.32 Å². The first kappa shape index (κ1) is 21.3. The second-order valence-electron chi connectivity index (χ2n) is 7.23. The van der Waals surface area contributed by atoms with E-state index >= 15 is 0 Å². The standard InChI is InChI=1S/C24H20Cl2FN3O/c25-18-8-7-17(20(26)14-18)13-23-29-21-3-1-2-4-22(21)30(23)12-11-24(31)28-15-16-5-9-19(27)10-6-16/h1-10,14H,11-13,15H2,(H,28,31). The van der Waals surface area contributed by atoms with Crippen LogP contribution in [0.15, 0.2) is 66.7 Å². The monoisotopic (exact) mass is 455 g/mol. The molecule has 1 N–H and O–H groups in total. The predicted octanol–water partition coefficient (Wildman–Crippen LogP) is 5.78. The maximum atomic E-state index is 13.0. The number of fused-ring (bicyclic) bond motifs is 1. The highest BCUT2D eigenvalue weighted by atomic mass is 35.5. The number of para-hydroxylation sites is 2. The zero-order valence-electron chi connectivity index (χ0n) is 16.6. The van der Waals surface area contributed by atoms with Crippen molar-refractivity contribution in [3.8, 4) is 0 Å². The summed E-state index contributed by atoms with van der Waals surface area (Å²) in [5.41, 5.74) is 3.60. The van der Waals surface area contributed by atoms with Gasteiger partial charge in [-0.2, -0.15) is 0 Å². The average molecular weight is 456 g/mol. The number of hydrogen-bond acceptors (Lipinski definition) is 2. The molecule has 0 aliphatic rings. The molecule has 0 radical (unpaired) electrons. The lowest BCUT2D eigenvalue weighted by Gasteiger charge is -2.11. The van der Waals surface area contributed by atoms with E-state index in [0.717, 1.165) is 28.0 Å². The highest BCUT2D eigenvalue weighted by Gasteiger charge is 2.14. The van der Waals surface area contributed by atoms with Crippen LogP contribution in [0.3, 0.4) is 0 Å². The van der Waals surface area contributed by atoms with Crippen molar-refractivity contribution in [2.24, 2.45) is 0 Å². The van der Waals surface area contributed by atoms with Gasteiger partial charge in [0.15, 0.2) is 0 Å². The molecule has 1 amide bonds. The molecule has 0 unspecified atom stereocenters. The number of carbonyl (C=O) groups is 1. The van der Waals surface area contributed by atoms with Gasteiger partial charge >= 0.3 is 0 Å². The molecule has 0 aliphatic carbocycles. The van der Waals surface area contributed by atoms with Crippen LogP contribution in [0.1, 0.15) is 23.4 Å². The minimum absolute atomic E-state index is 0.0856. The zero-order valence-corrected chi connectivity index (χ0v) is 18.1. The van der Waals surface area contributed by atoms with E-state index in [1.165, 1.54) is 12.1 Å². The van der Waals surface area contributed by atoms with E-state index in [0.29, 0.717) is 36.0 Å². The molecule has 0 aliphatic heterocycles. The lowest BCUT2D eigenvalue weighted by Crippen LogP contribution is -2.24. The second kappa shape index (κ2) is 9.50. The smallest absolute Gasteiger partial charge is 0.222 e. The quantitative estimate of drug-likeness (QED) is 0.383. The Kier molecular flexibility index (Phi) is 6.54. The van der Waals surface area contributed by atoms with Gasteiger partial charge < -0.3 is 9.88 Å². The lowest BCUT2D eigenvalue weighted by molar-refractivity contribution is -0.121. The van der Waals surface area contributed by atoms with Crippen molar-refractivity contribution < 1.29 is 9.18 Å². The van der Waals surface area contributed by atoms with Gasteiger partial charge in [0, 0.05) is 36.0 Å². The fraction of sp³-hybridized carbons (Fsp3) is 0.167. The van der Waals surface area contributed by atoms with Crippen molar-refractivity contribution >= 4 is 40.1 Å². The number of amides is 1. The van der Waals surface area contributed by atoms with Crippen LogP contribution in [0.2, 0.25) is 10.0 Å². The van der Waals surface area contributed by atoms with Crippen molar-refractivity contribution in [2.75, 3.05) is 0 Å². The summed E-state index contributed by atoms with van der Waals surface area (Å²) in [5.74, 6) is 0.449. The first-order valence-electron chi connectivity index (χ1n) is 9.89. The molecule has 7 heteroatoms. The maximum absolute atomic E-state index is 13.0. The van der Waals surface area contributed by atoms with Crippen LogP contribution >= 0.6 is 23.2 Å². The van der Waals surface area contributed by atoms with E-state index in [4.69, 9.17) is 28.2 Å². The SMILES string of the molecule is O=C(CCn1c(Cc2ccc(Cl)cc2Cl)nc2ccccc21)NCc1ccc(F)cc1. The molecule has 31 heavy (non-hydrogen) atoms. The number of nitrogens with one attached hydrogen (secondary N) is 1. The normalized spacial score (nSPS) is 11.1. The fourth-order valence-electron chi connectivity index (χ4n) is 3.45. The number of imidazole rings is 1. The van der Waals surface area contributed by atoms with Gasteiger partial charge in [-0.05, 0) is 47.5 Å². The molecule has 3 aromatic carbocycles. The number of nitrogens with zero attached hydrogens (tertiary/aromatic N) is 2. The third kappa shape index (κ3) is 5.24. The van der Waals surface area contributed by atoms with Crippen molar-refractivity contribution in [2.45, 2.75) is 25.9 Å². The number of aryl methyl sites for hydroxylation is 1.